The number of hydrogen-bond acceptors (Lipinski definition) is 2. The van der Waals surface area contributed by atoms with E-state index in [0.29, 0.717) is 0 Å². The fourth-order valence-corrected chi connectivity index (χ4v) is 3.05. The Hall–Kier alpha value is 0.110. The molecule has 0 aromatic rings. The first-order chi connectivity index (χ1) is 5.25. The molecule has 0 aromatic carbocycles. The van der Waals surface area contributed by atoms with Gasteiger partial charge in [-0.1, -0.05) is 19.8 Å². The molecule has 1 aliphatic rings. The van der Waals surface area contributed by atoms with Crippen LogP contribution in [-0.2, 0) is 10.8 Å². The summed E-state index contributed by atoms with van der Waals surface area (Å²) in [5.74, 6) is 0.762. The smallest absolute Gasteiger partial charge is 0.0498 e. The highest BCUT2D eigenvalue weighted by Crippen LogP contribution is 2.21. The first kappa shape index (κ1) is 9.20. The maximum absolute atomic E-state index is 11.4. The van der Waals surface area contributed by atoms with Crippen LogP contribution in [0.25, 0.3) is 0 Å². The molecule has 1 rings (SSSR count). The molecular weight excluding hydrogens is 158 g/mol. The van der Waals surface area contributed by atoms with Crippen molar-refractivity contribution in [3.8, 4) is 0 Å². The fraction of sp³-hybridized carbons (Fsp3) is 1.00. The van der Waals surface area contributed by atoms with Crippen molar-refractivity contribution in [1.82, 2.24) is 0 Å². The van der Waals surface area contributed by atoms with Crippen molar-refractivity contribution in [2.45, 2.75) is 43.9 Å². The maximum atomic E-state index is 11.4. The van der Waals surface area contributed by atoms with E-state index in [0.717, 1.165) is 18.6 Å². The van der Waals surface area contributed by atoms with Gasteiger partial charge in [0.25, 0.3) is 0 Å². The van der Waals surface area contributed by atoms with Crippen LogP contribution >= 0.6 is 0 Å². The van der Waals surface area contributed by atoms with E-state index in [-0.39, 0.29) is 11.3 Å². The molecule has 0 bridgehead atoms. The Kier molecular flexibility index (Phi) is 3.52. The zero-order valence-electron chi connectivity index (χ0n) is 7.08. The van der Waals surface area contributed by atoms with Gasteiger partial charge in [0.2, 0.25) is 0 Å². The third-order valence-electron chi connectivity index (χ3n) is 2.38. The molecule has 3 heteroatoms. The molecule has 0 aromatic heterocycles. The molecular formula is C8H17NOS. The van der Waals surface area contributed by atoms with Crippen LogP contribution in [0.2, 0.25) is 0 Å². The summed E-state index contributed by atoms with van der Waals surface area (Å²) in [6, 6.07) is 0.199. The van der Waals surface area contributed by atoms with Crippen molar-refractivity contribution in [1.29, 1.82) is 0 Å². The van der Waals surface area contributed by atoms with Crippen LogP contribution in [0, 0.1) is 0 Å². The van der Waals surface area contributed by atoms with E-state index < -0.39 is 10.8 Å². The van der Waals surface area contributed by atoms with Crippen molar-refractivity contribution >= 4 is 10.8 Å². The van der Waals surface area contributed by atoms with Crippen LogP contribution in [-0.4, -0.2) is 21.3 Å². The van der Waals surface area contributed by atoms with E-state index in [9.17, 15) is 4.21 Å². The van der Waals surface area contributed by atoms with Crippen molar-refractivity contribution in [2.24, 2.45) is 5.73 Å². The highest BCUT2D eigenvalue weighted by atomic mass is 32.2. The summed E-state index contributed by atoms with van der Waals surface area (Å²) in [7, 11) is -0.669. The molecule has 1 fully saturated rings. The maximum Gasteiger partial charge on any atom is 0.0498 e. The Morgan fingerprint density at radius 2 is 2.09 bits per heavy atom. The molecule has 0 amide bonds. The zero-order valence-corrected chi connectivity index (χ0v) is 7.90. The Morgan fingerprint density at radius 3 is 2.64 bits per heavy atom. The lowest BCUT2D eigenvalue weighted by Crippen LogP contribution is -2.40. The molecule has 1 aliphatic carbocycles. The molecule has 2 nitrogen and oxygen atoms in total. The molecule has 0 spiro atoms. The van der Waals surface area contributed by atoms with Gasteiger partial charge in [0.05, 0.1) is 0 Å². The van der Waals surface area contributed by atoms with Gasteiger partial charge in [0.1, 0.15) is 0 Å². The van der Waals surface area contributed by atoms with Crippen LogP contribution in [0.1, 0.15) is 32.6 Å². The second kappa shape index (κ2) is 4.21. The van der Waals surface area contributed by atoms with E-state index in [1.165, 1.54) is 12.8 Å². The Bertz CT molecular complexity index is 149. The Balaban J connectivity index is 2.47. The summed E-state index contributed by atoms with van der Waals surface area (Å²) in [5.41, 5.74) is 5.86. The van der Waals surface area contributed by atoms with E-state index in [1.807, 2.05) is 6.92 Å². The van der Waals surface area contributed by atoms with Gasteiger partial charge in [-0.25, -0.2) is 0 Å². The minimum Gasteiger partial charge on any atom is -0.327 e. The van der Waals surface area contributed by atoms with Crippen LogP contribution in [0.5, 0.6) is 0 Å². The summed E-state index contributed by atoms with van der Waals surface area (Å²) in [5, 5.41) is 0.286. The van der Waals surface area contributed by atoms with Crippen molar-refractivity contribution in [3.05, 3.63) is 0 Å². The average molecular weight is 175 g/mol. The first-order valence-electron chi connectivity index (χ1n) is 4.38. The SMILES string of the molecule is CCS(=O)C1CCCCC1N. The molecule has 1 saturated carbocycles. The van der Waals surface area contributed by atoms with Gasteiger partial charge in [-0.3, -0.25) is 4.21 Å². The van der Waals surface area contributed by atoms with Crippen LogP contribution < -0.4 is 5.73 Å². The molecule has 2 N–H and O–H groups in total. The van der Waals surface area contributed by atoms with E-state index in [1.54, 1.807) is 0 Å². The van der Waals surface area contributed by atoms with Gasteiger partial charge in [-0.2, -0.15) is 0 Å². The molecule has 3 atom stereocenters. The number of nitrogens with two attached hydrogens (primary N) is 1. The molecule has 0 heterocycles. The standard InChI is InChI=1S/C8H17NOS/c1-2-11(10)8-6-4-3-5-7(8)9/h7-8H,2-6,9H2,1H3. The predicted molar refractivity (Wildman–Crippen MR) is 48.9 cm³/mol. The summed E-state index contributed by atoms with van der Waals surface area (Å²) >= 11 is 0. The lowest BCUT2D eigenvalue weighted by atomic mass is 9.96. The molecule has 0 radical (unpaired) electrons. The largest absolute Gasteiger partial charge is 0.327 e. The quantitative estimate of drug-likeness (QED) is 0.681. The van der Waals surface area contributed by atoms with Gasteiger partial charge in [-0.15, -0.1) is 0 Å². The molecule has 0 aliphatic heterocycles. The van der Waals surface area contributed by atoms with Gasteiger partial charge in [0.15, 0.2) is 0 Å². The molecule has 66 valence electrons. The van der Waals surface area contributed by atoms with E-state index >= 15 is 0 Å². The monoisotopic (exact) mass is 175 g/mol. The summed E-state index contributed by atoms with van der Waals surface area (Å²) in [4.78, 5) is 0. The Morgan fingerprint density at radius 1 is 1.45 bits per heavy atom. The molecule has 11 heavy (non-hydrogen) atoms. The van der Waals surface area contributed by atoms with Crippen molar-refractivity contribution in [3.63, 3.8) is 0 Å². The lowest BCUT2D eigenvalue weighted by Gasteiger charge is -2.27. The summed E-state index contributed by atoms with van der Waals surface area (Å²) in [6.45, 7) is 1.97. The van der Waals surface area contributed by atoms with Gasteiger partial charge in [0, 0.05) is 27.8 Å². The topological polar surface area (TPSA) is 43.1 Å². The second-order valence-electron chi connectivity index (χ2n) is 3.16. The minimum atomic E-state index is -0.669. The predicted octanol–water partition coefficient (Wildman–Crippen LogP) is 1.02. The molecule has 0 saturated heterocycles. The minimum absolute atomic E-state index is 0.199. The summed E-state index contributed by atoms with van der Waals surface area (Å²) in [6.07, 6.45) is 4.57. The van der Waals surface area contributed by atoms with Gasteiger partial charge < -0.3 is 5.73 Å². The summed E-state index contributed by atoms with van der Waals surface area (Å²) < 4.78 is 11.4. The normalized spacial score (nSPS) is 35.1. The fourth-order valence-electron chi connectivity index (χ4n) is 1.67. The van der Waals surface area contributed by atoms with Crippen molar-refractivity contribution < 1.29 is 4.21 Å². The highest BCUT2D eigenvalue weighted by Gasteiger charge is 2.25. The lowest BCUT2D eigenvalue weighted by molar-refractivity contribution is 0.445. The van der Waals surface area contributed by atoms with Gasteiger partial charge >= 0.3 is 0 Å². The molecule has 3 unspecified atom stereocenters. The number of hydrogen-bond donors (Lipinski definition) is 1. The van der Waals surface area contributed by atoms with Crippen LogP contribution in [0.3, 0.4) is 0 Å². The van der Waals surface area contributed by atoms with E-state index in [4.69, 9.17) is 5.73 Å². The van der Waals surface area contributed by atoms with E-state index in [2.05, 4.69) is 0 Å². The zero-order chi connectivity index (χ0) is 8.27. The van der Waals surface area contributed by atoms with Gasteiger partial charge in [-0.05, 0) is 12.8 Å². The Labute approximate surface area is 71.0 Å². The number of rotatable bonds is 2. The van der Waals surface area contributed by atoms with Crippen LogP contribution in [0.4, 0.5) is 0 Å². The van der Waals surface area contributed by atoms with Crippen LogP contribution in [0.15, 0.2) is 0 Å². The average Bonchev–Trinajstić information content (AvgIpc) is 2.04. The third kappa shape index (κ3) is 2.27. The van der Waals surface area contributed by atoms with Crippen molar-refractivity contribution in [2.75, 3.05) is 5.75 Å². The third-order valence-corrected chi connectivity index (χ3v) is 4.21. The highest BCUT2D eigenvalue weighted by molar-refractivity contribution is 7.85. The second-order valence-corrected chi connectivity index (χ2v) is 5.10. The first-order valence-corrected chi connectivity index (χ1v) is 5.76.